The van der Waals surface area contributed by atoms with Gasteiger partial charge < -0.3 is 9.47 Å². The fourth-order valence-electron chi connectivity index (χ4n) is 2.07. The minimum Gasteiger partial charge on any atom is -0.352 e. The van der Waals surface area contributed by atoms with E-state index in [4.69, 9.17) is 9.47 Å². The van der Waals surface area contributed by atoms with Crippen molar-refractivity contribution in [1.82, 2.24) is 0 Å². The number of benzene rings is 2. The van der Waals surface area contributed by atoms with Crippen LogP contribution in [0.2, 0.25) is 0 Å². The first-order chi connectivity index (χ1) is 9.74. The molecular weight excluding hydrogens is 268 g/mol. The van der Waals surface area contributed by atoms with Gasteiger partial charge in [-0.3, -0.25) is 0 Å². The van der Waals surface area contributed by atoms with Crippen LogP contribution >= 0.6 is 11.8 Å². The van der Waals surface area contributed by atoms with Gasteiger partial charge in [0.25, 0.3) is 0 Å². The van der Waals surface area contributed by atoms with Crippen LogP contribution in [-0.2, 0) is 9.47 Å². The van der Waals surface area contributed by atoms with E-state index in [0.29, 0.717) is 5.25 Å². The molecule has 0 aliphatic carbocycles. The first kappa shape index (κ1) is 15.1. The highest BCUT2D eigenvalue weighted by Crippen LogP contribution is 2.35. The van der Waals surface area contributed by atoms with E-state index in [-0.39, 0.29) is 6.29 Å². The zero-order valence-electron chi connectivity index (χ0n) is 12.1. The van der Waals surface area contributed by atoms with Gasteiger partial charge in [-0.05, 0) is 24.6 Å². The van der Waals surface area contributed by atoms with Gasteiger partial charge in [0.15, 0.2) is 6.29 Å². The van der Waals surface area contributed by atoms with E-state index in [1.54, 1.807) is 14.2 Å². The van der Waals surface area contributed by atoms with Crippen molar-refractivity contribution in [1.29, 1.82) is 0 Å². The Morgan fingerprint density at radius 3 is 1.95 bits per heavy atom. The van der Waals surface area contributed by atoms with Crippen molar-refractivity contribution >= 4 is 11.8 Å². The lowest BCUT2D eigenvalue weighted by atomic mass is 10.2. The van der Waals surface area contributed by atoms with Crippen LogP contribution in [0.3, 0.4) is 0 Å². The molecule has 0 aromatic heterocycles. The number of hydrogen-bond acceptors (Lipinski definition) is 3. The maximum atomic E-state index is 5.25. The average Bonchev–Trinajstić information content (AvgIpc) is 2.51. The fourth-order valence-corrected chi connectivity index (χ4v) is 3.06. The summed E-state index contributed by atoms with van der Waals surface area (Å²) >= 11 is 1.85. The second-order valence-electron chi connectivity index (χ2n) is 4.54. The Bertz CT molecular complexity index is 506. The largest absolute Gasteiger partial charge is 0.352 e. The third-order valence-electron chi connectivity index (χ3n) is 3.16. The van der Waals surface area contributed by atoms with Crippen molar-refractivity contribution in [3.63, 3.8) is 0 Å². The summed E-state index contributed by atoms with van der Waals surface area (Å²) in [5.74, 6) is 0. The molecular formula is C17H20O2S. The Morgan fingerprint density at radius 2 is 1.40 bits per heavy atom. The van der Waals surface area contributed by atoms with Crippen LogP contribution in [-0.4, -0.2) is 14.2 Å². The van der Waals surface area contributed by atoms with Crippen LogP contribution in [0.15, 0.2) is 59.5 Å². The van der Waals surface area contributed by atoms with Crippen LogP contribution in [0.1, 0.15) is 29.6 Å². The van der Waals surface area contributed by atoms with E-state index in [0.717, 1.165) is 5.56 Å². The Labute approximate surface area is 125 Å². The molecule has 2 aromatic carbocycles. The van der Waals surface area contributed by atoms with Crippen molar-refractivity contribution in [2.24, 2.45) is 0 Å². The molecule has 3 heteroatoms. The van der Waals surface area contributed by atoms with Crippen LogP contribution in [0.5, 0.6) is 0 Å². The van der Waals surface area contributed by atoms with Crippen molar-refractivity contribution in [3.05, 3.63) is 65.7 Å². The van der Waals surface area contributed by atoms with Gasteiger partial charge in [0.1, 0.15) is 0 Å². The summed E-state index contributed by atoms with van der Waals surface area (Å²) in [4.78, 5) is 1.25. The predicted octanol–water partition coefficient (Wildman–Crippen LogP) is 4.83. The molecule has 0 amide bonds. The van der Waals surface area contributed by atoms with Gasteiger partial charge >= 0.3 is 0 Å². The summed E-state index contributed by atoms with van der Waals surface area (Å²) in [6.07, 6.45) is -0.291. The Balaban J connectivity index is 2.04. The molecule has 0 saturated carbocycles. The minimum atomic E-state index is -0.291. The summed E-state index contributed by atoms with van der Waals surface area (Å²) < 4.78 is 10.5. The first-order valence-corrected chi connectivity index (χ1v) is 7.49. The van der Waals surface area contributed by atoms with Gasteiger partial charge in [0.2, 0.25) is 0 Å². The maximum absolute atomic E-state index is 5.25. The second kappa shape index (κ2) is 7.48. The lowest BCUT2D eigenvalue weighted by Gasteiger charge is -2.15. The van der Waals surface area contributed by atoms with E-state index in [1.165, 1.54) is 10.5 Å². The fraction of sp³-hybridized carbons (Fsp3) is 0.294. The second-order valence-corrected chi connectivity index (χ2v) is 5.96. The Morgan fingerprint density at radius 1 is 0.800 bits per heavy atom. The zero-order valence-corrected chi connectivity index (χ0v) is 12.9. The Kier molecular flexibility index (Phi) is 5.65. The molecule has 20 heavy (non-hydrogen) atoms. The van der Waals surface area contributed by atoms with Gasteiger partial charge in [0, 0.05) is 29.9 Å². The third-order valence-corrected chi connectivity index (χ3v) is 4.33. The van der Waals surface area contributed by atoms with Gasteiger partial charge in [-0.25, -0.2) is 0 Å². The molecule has 0 N–H and O–H groups in total. The smallest absolute Gasteiger partial charge is 0.183 e. The quantitative estimate of drug-likeness (QED) is 0.560. The number of hydrogen-bond donors (Lipinski definition) is 0. The molecule has 0 aliphatic rings. The van der Waals surface area contributed by atoms with Crippen LogP contribution in [0, 0.1) is 0 Å². The van der Waals surface area contributed by atoms with E-state index in [1.807, 2.05) is 17.8 Å². The summed E-state index contributed by atoms with van der Waals surface area (Å²) in [5, 5.41) is 0.433. The van der Waals surface area contributed by atoms with Crippen molar-refractivity contribution < 1.29 is 9.47 Å². The number of thioether (sulfide) groups is 1. The highest BCUT2D eigenvalue weighted by molar-refractivity contribution is 7.99. The SMILES string of the molecule is COC(OC)c1ccc(SC(C)c2ccccc2)cc1. The molecule has 0 heterocycles. The van der Waals surface area contributed by atoms with Gasteiger partial charge in [-0.2, -0.15) is 0 Å². The number of rotatable bonds is 6. The van der Waals surface area contributed by atoms with E-state index >= 15 is 0 Å². The van der Waals surface area contributed by atoms with E-state index < -0.39 is 0 Å². The normalized spacial score (nSPS) is 12.6. The third kappa shape index (κ3) is 3.85. The van der Waals surface area contributed by atoms with Crippen molar-refractivity contribution in [2.75, 3.05) is 14.2 Å². The molecule has 1 unspecified atom stereocenters. The van der Waals surface area contributed by atoms with Crippen LogP contribution in [0.25, 0.3) is 0 Å². The van der Waals surface area contributed by atoms with E-state index in [2.05, 4.69) is 55.5 Å². The standard InChI is InChI=1S/C17H20O2S/c1-13(14-7-5-4-6-8-14)20-16-11-9-15(10-12-16)17(18-2)19-3/h4-13,17H,1-3H3. The lowest BCUT2D eigenvalue weighted by Crippen LogP contribution is -2.03. The molecule has 0 radical (unpaired) electrons. The molecule has 1 atom stereocenters. The average molecular weight is 288 g/mol. The highest BCUT2D eigenvalue weighted by Gasteiger charge is 2.10. The monoisotopic (exact) mass is 288 g/mol. The van der Waals surface area contributed by atoms with Crippen molar-refractivity contribution in [2.45, 2.75) is 23.4 Å². The summed E-state index contributed by atoms with van der Waals surface area (Å²) in [6.45, 7) is 2.22. The highest BCUT2D eigenvalue weighted by atomic mass is 32.2. The summed E-state index contributed by atoms with van der Waals surface area (Å²) in [7, 11) is 3.29. The maximum Gasteiger partial charge on any atom is 0.183 e. The summed E-state index contributed by atoms with van der Waals surface area (Å²) in [5.41, 5.74) is 2.37. The molecule has 2 rings (SSSR count). The predicted molar refractivity (Wildman–Crippen MR) is 83.9 cm³/mol. The van der Waals surface area contributed by atoms with Crippen LogP contribution < -0.4 is 0 Å². The first-order valence-electron chi connectivity index (χ1n) is 6.61. The molecule has 0 bridgehead atoms. The Hall–Kier alpha value is -1.29. The summed E-state index contributed by atoms with van der Waals surface area (Å²) in [6, 6.07) is 18.9. The number of methoxy groups -OCH3 is 2. The molecule has 2 nitrogen and oxygen atoms in total. The van der Waals surface area contributed by atoms with Crippen molar-refractivity contribution in [3.8, 4) is 0 Å². The topological polar surface area (TPSA) is 18.5 Å². The van der Waals surface area contributed by atoms with Gasteiger partial charge in [0.05, 0.1) is 0 Å². The molecule has 0 saturated heterocycles. The van der Waals surface area contributed by atoms with Gasteiger partial charge in [-0.1, -0.05) is 42.5 Å². The lowest BCUT2D eigenvalue weighted by molar-refractivity contribution is -0.106. The molecule has 0 aliphatic heterocycles. The van der Waals surface area contributed by atoms with E-state index in [9.17, 15) is 0 Å². The molecule has 2 aromatic rings. The number of ether oxygens (including phenoxy) is 2. The molecule has 0 spiro atoms. The molecule has 0 fully saturated rings. The minimum absolute atomic E-state index is 0.291. The van der Waals surface area contributed by atoms with Gasteiger partial charge in [-0.15, -0.1) is 11.8 Å². The van der Waals surface area contributed by atoms with Crippen LogP contribution in [0.4, 0.5) is 0 Å². The molecule has 106 valence electrons. The zero-order chi connectivity index (χ0) is 14.4.